The van der Waals surface area contributed by atoms with Gasteiger partial charge in [0.05, 0.1) is 12.7 Å². The van der Waals surface area contributed by atoms with E-state index in [9.17, 15) is 4.39 Å². The SMILES string of the molecule is CC1NCCN(Cc2cnn(Cc3ccc(F)cc3)c2)C1C. The van der Waals surface area contributed by atoms with Crippen molar-refractivity contribution in [1.29, 1.82) is 0 Å². The lowest BCUT2D eigenvalue weighted by atomic mass is 10.1. The van der Waals surface area contributed by atoms with Crippen molar-refractivity contribution in [1.82, 2.24) is 20.0 Å². The second kappa shape index (κ2) is 6.58. The van der Waals surface area contributed by atoms with Crippen molar-refractivity contribution in [3.8, 4) is 0 Å². The fourth-order valence-electron chi connectivity index (χ4n) is 2.94. The Balaban J connectivity index is 1.62. The minimum Gasteiger partial charge on any atom is -0.311 e. The third-order valence-electron chi connectivity index (χ3n) is 4.50. The van der Waals surface area contributed by atoms with E-state index in [4.69, 9.17) is 0 Å². The van der Waals surface area contributed by atoms with Gasteiger partial charge in [-0.25, -0.2) is 4.39 Å². The van der Waals surface area contributed by atoms with Crippen LogP contribution in [0.25, 0.3) is 0 Å². The Morgan fingerprint density at radius 2 is 1.95 bits per heavy atom. The van der Waals surface area contributed by atoms with Crippen LogP contribution in [0.1, 0.15) is 25.0 Å². The normalized spacial score (nSPS) is 22.9. The third kappa shape index (κ3) is 3.54. The zero-order valence-corrected chi connectivity index (χ0v) is 13.2. The predicted molar refractivity (Wildman–Crippen MR) is 85.1 cm³/mol. The zero-order valence-electron chi connectivity index (χ0n) is 13.2. The van der Waals surface area contributed by atoms with Crippen LogP contribution in [0.5, 0.6) is 0 Å². The maximum absolute atomic E-state index is 12.9. The first-order valence-electron chi connectivity index (χ1n) is 7.85. The molecule has 1 saturated heterocycles. The molecule has 1 aliphatic heterocycles. The van der Waals surface area contributed by atoms with Gasteiger partial charge in [-0.1, -0.05) is 12.1 Å². The Kier molecular flexibility index (Phi) is 4.55. The van der Waals surface area contributed by atoms with E-state index in [1.54, 1.807) is 12.1 Å². The summed E-state index contributed by atoms with van der Waals surface area (Å²) in [7, 11) is 0. The quantitative estimate of drug-likeness (QED) is 0.940. The van der Waals surface area contributed by atoms with Crippen molar-refractivity contribution in [3.63, 3.8) is 0 Å². The largest absolute Gasteiger partial charge is 0.311 e. The van der Waals surface area contributed by atoms with Crippen LogP contribution >= 0.6 is 0 Å². The summed E-state index contributed by atoms with van der Waals surface area (Å²) in [5.74, 6) is -0.202. The van der Waals surface area contributed by atoms with Crippen LogP contribution in [0.4, 0.5) is 4.39 Å². The molecule has 1 fully saturated rings. The molecule has 0 saturated carbocycles. The molecule has 0 radical (unpaired) electrons. The minimum absolute atomic E-state index is 0.202. The molecule has 1 aromatic carbocycles. The second-order valence-corrected chi connectivity index (χ2v) is 6.13. The molecule has 0 spiro atoms. The number of rotatable bonds is 4. The average Bonchev–Trinajstić information content (AvgIpc) is 2.94. The standard InChI is InChI=1S/C17H23FN4/c1-13-14(2)21(8-7-19-13)10-16-9-20-22(12-16)11-15-3-5-17(18)6-4-15/h3-6,9,12-14,19H,7-8,10-11H2,1-2H3. The van der Waals surface area contributed by atoms with Gasteiger partial charge in [0.15, 0.2) is 0 Å². The van der Waals surface area contributed by atoms with Gasteiger partial charge >= 0.3 is 0 Å². The molecule has 0 amide bonds. The molecule has 1 aromatic heterocycles. The Labute approximate surface area is 130 Å². The van der Waals surface area contributed by atoms with Crippen molar-refractivity contribution in [2.75, 3.05) is 13.1 Å². The molecule has 0 bridgehead atoms. The molecule has 2 heterocycles. The van der Waals surface area contributed by atoms with Crippen molar-refractivity contribution >= 4 is 0 Å². The van der Waals surface area contributed by atoms with Gasteiger partial charge in [-0.15, -0.1) is 0 Å². The first-order valence-corrected chi connectivity index (χ1v) is 7.85. The lowest BCUT2D eigenvalue weighted by Crippen LogP contribution is -2.54. The van der Waals surface area contributed by atoms with E-state index in [0.717, 1.165) is 25.2 Å². The first-order chi connectivity index (χ1) is 10.6. The highest BCUT2D eigenvalue weighted by Crippen LogP contribution is 2.14. The molecule has 1 N–H and O–H groups in total. The van der Waals surface area contributed by atoms with E-state index in [-0.39, 0.29) is 5.82 Å². The zero-order chi connectivity index (χ0) is 15.5. The molecular weight excluding hydrogens is 279 g/mol. The molecule has 2 atom stereocenters. The third-order valence-corrected chi connectivity index (χ3v) is 4.50. The highest BCUT2D eigenvalue weighted by atomic mass is 19.1. The van der Waals surface area contributed by atoms with Gasteiger partial charge in [0, 0.05) is 43.5 Å². The summed E-state index contributed by atoms with van der Waals surface area (Å²) in [5, 5.41) is 7.92. The molecule has 118 valence electrons. The summed E-state index contributed by atoms with van der Waals surface area (Å²) in [4.78, 5) is 2.49. The van der Waals surface area contributed by atoms with E-state index in [1.807, 2.05) is 10.9 Å². The van der Waals surface area contributed by atoms with Crippen molar-refractivity contribution < 1.29 is 4.39 Å². The predicted octanol–water partition coefficient (Wildman–Crippen LogP) is 2.25. The first kappa shape index (κ1) is 15.2. The topological polar surface area (TPSA) is 33.1 Å². The van der Waals surface area contributed by atoms with Crippen molar-refractivity contribution in [2.45, 2.75) is 39.0 Å². The Bertz CT molecular complexity index is 607. The number of nitrogens with one attached hydrogen (secondary N) is 1. The molecule has 5 heteroatoms. The van der Waals surface area contributed by atoms with E-state index >= 15 is 0 Å². The molecule has 22 heavy (non-hydrogen) atoms. The summed E-state index contributed by atoms with van der Waals surface area (Å²) in [6.45, 7) is 8.20. The highest BCUT2D eigenvalue weighted by molar-refractivity contribution is 5.17. The molecule has 4 nitrogen and oxygen atoms in total. The van der Waals surface area contributed by atoms with Gasteiger partial charge < -0.3 is 5.32 Å². The van der Waals surface area contributed by atoms with Crippen LogP contribution in [0.15, 0.2) is 36.7 Å². The van der Waals surface area contributed by atoms with Gasteiger partial charge in [-0.3, -0.25) is 9.58 Å². The van der Waals surface area contributed by atoms with Gasteiger partial charge in [-0.05, 0) is 31.5 Å². The summed E-state index contributed by atoms with van der Waals surface area (Å²) in [6.07, 6.45) is 4.02. The smallest absolute Gasteiger partial charge is 0.123 e. The highest BCUT2D eigenvalue weighted by Gasteiger charge is 2.24. The molecular formula is C17H23FN4. The van der Waals surface area contributed by atoms with E-state index < -0.39 is 0 Å². The summed E-state index contributed by atoms with van der Waals surface area (Å²) < 4.78 is 14.8. The Morgan fingerprint density at radius 1 is 1.18 bits per heavy atom. The lowest BCUT2D eigenvalue weighted by molar-refractivity contribution is 0.131. The van der Waals surface area contributed by atoms with Crippen LogP contribution < -0.4 is 5.32 Å². The van der Waals surface area contributed by atoms with E-state index in [2.05, 4.69) is 35.4 Å². The van der Waals surface area contributed by atoms with E-state index in [1.165, 1.54) is 17.7 Å². The summed E-state index contributed by atoms with van der Waals surface area (Å²) >= 11 is 0. The molecule has 1 aliphatic rings. The molecule has 0 aliphatic carbocycles. The maximum atomic E-state index is 12.9. The Morgan fingerprint density at radius 3 is 2.73 bits per heavy atom. The second-order valence-electron chi connectivity index (χ2n) is 6.13. The van der Waals surface area contributed by atoms with Crippen molar-refractivity contribution in [3.05, 3.63) is 53.6 Å². The molecule has 2 aromatic rings. The van der Waals surface area contributed by atoms with Crippen molar-refractivity contribution in [2.24, 2.45) is 0 Å². The summed E-state index contributed by atoms with van der Waals surface area (Å²) in [6, 6.07) is 7.62. The van der Waals surface area contributed by atoms with Gasteiger partial charge in [-0.2, -0.15) is 5.10 Å². The van der Waals surface area contributed by atoms with Gasteiger partial charge in [0.25, 0.3) is 0 Å². The maximum Gasteiger partial charge on any atom is 0.123 e. The van der Waals surface area contributed by atoms with Crippen LogP contribution in [0, 0.1) is 5.82 Å². The lowest BCUT2D eigenvalue weighted by Gasteiger charge is -2.38. The van der Waals surface area contributed by atoms with E-state index in [0.29, 0.717) is 18.6 Å². The minimum atomic E-state index is -0.202. The number of hydrogen-bond donors (Lipinski definition) is 1. The molecule has 2 unspecified atom stereocenters. The number of halogens is 1. The van der Waals surface area contributed by atoms with Crippen LogP contribution in [0.2, 0.25) is 0 Å². The number of piperazine rings is 1. The number of aromatic nitrogens is 2. The van der Waals surface area contributed by atoms with Crippen LogP contribution in [-0.4, -0.2) is 39.9 Å². The molecule has 3 rings (SSSR count). The van der Waals surface area contributed by atoms with Crippen LogP contribution in [0.3, 0.4) is 0 Å². The fraction of sp³-hybridized carbons (Fsp3) is 0.471. The number of benzene rings is 1. The van der Waals surface area contributed by atoms with Gasteiger partial charge in [0.2, 0.25) is 0 Å². The number of hydrogen-bond acceptors (Lipinski definition) is 3. The monoisotopic (exact) mass is 302 g/mol. The summed E-state index contributed by atoms with van der Waals surface area (Å²) in [5.41, 5.74) is 2.28. The van der Waals surface area contributed by atoms with Crippen LogP contribution in [-0.2, 0) is 13.1 Å². The fourth-order valence-corrected chi connectivity index (χ4v) is 2.94. The average molecular weight is 302 g/mol. The number of nitrogens with zero attached hydrogens (tertiary/aromatic N) is 3. The van der Waals surface area contributed by atoms with Gasteiger partial charge in [0.1, 0.15) is 5.82 Å². The Hall–Kier alpha value is -1.72.